The van der Waals surface area contributed by atoms with E-state index in [9.17, 15) is 25.0 Å². The van der Waals surface area contributed by atoms with Gasteiger partial charge in [-0.05, 0) is 19.9 Å². The number of carbonyl (C=O) groups is 1. The first-order valence-electron chi connectivity index (χ1n) is 8.03. The van der Waals surface area contributed by atoms with E-state index in [4.69, 9.17) is 0 Å². The second-order valence-corrected chi connectivity index (χ2v) is 6.87. The average molecular weight is 398 g/mol. The summed E-state index contributed by atoms with van der Waals surface area (Å²) in [6.45, 7) is 3.24. The normalized spacial score (nSPS) is 10.5. The summed E-state index contributed by atoms with van der Waals surface area (Å²) >= 11 is 1.15. The van der Waals surface area contributed by atoms with Crippen molar-refractivity contribution >= 4 is 33.8 Å². The molecule has 9 nitrogen and oxygen atoms in total. The van der Waals surface area contributed by atoms with Crippen molar-refractivity contribution in [2.45, 2.75) is 13.8 Å². The minimum Gasteiger partial charge on any atom is -0.298 e. The Labute approximate surface area is 163 Å². The van der Waals surface area contributed by atoms with Crippen LogP contribution in [0.4, 0.5) is 16.5 Å². The second kappa shape index (κ2) is 7.53. The highest BCUT2D eigenvalue weighted by molar-refractivity contribution is 7.14. The molecule has 3 aromatic rings. The van der Waals surface area contributed by atoms with E-state index in [-0.39, 0.29) is 22.1 Å². The zero-order valence-corrected chi connectivity index (χ0v) is 15.6. The summed E-state index contributed by atoms with van der Waals surface area (Å²) in [5.41, 5.74) is 2.03. The van der Waals surface area contributed by atoms with Crippen molar-refractivity contribution in [3.05, 3.63) is 78.7 Å². The van der Waals surface area contributed by atoms with Gasteiger partial charge in [0, 0.05) is 39.8 Å². The van der Waals surface area contributed by atoms with Crippen molar-refractivity contribution < 1.29 is 14.6 Å². The van der Waals surface area contributed by atoms with E-state index < -0.39 is 15.8 Å². The number of nitro groups is 2. The predicted octanol–water partition coefficient (Wildman–Crippen LogP) is 4.50. The molecule has 0 atom stereocenters. The molecule has 28 heavy (non-hydrogen) atoms. The van der Waals surface area contributed by atoms with Gasteiger partial charge in [-0.3, -0.25) is 30.3 Å². The van der Waals surface area contributed by atoms with Gasteiger partial charge in [-0.15, -0.1) is 11.3 Å². The average Bonchev–Trinajstić information content (AvgIpc) is 3.10. The third kappa shape index (κ3) is 3.86. The van der Waals surface area contributed by atoms with Gasteiger partial charge in [0.05, 0.1) is 15.5 Å². The van der Waals surface area contributed by atoms with E-state index in [1.165, 1.54) is 24.3 Å². The lowest BCUT2D eigenvalue weighted by molar-refractivity contribution is -0.385. The maximum atomic E-state index is 12.4. The maximum absolute atomic E-state index is 12.4. The van der Waals surface area contributed by atoms with Gasteiger partial charge in [-0.2, -0.15) is 0 Å². The monoisotopic (exact) mass is 398 g/mol. The van der Waals surface area contributed by atoms with Crippen LogP contribution in [0.25, 0.3) is 11.3 Å². The summed E-state index contributed by atoms with van der Waals surface area (Å²) in [4.78, 5) is 37.8. The standard InChI is InChI=1S/C18H14N4O5S/c1-10-3-5-12(7-15(10)21(24)25)14-9-28-18(19-14)20-17(23)13-6-4-11(2)16(8-13)22(26)27/h3-9H,1-2H3,(H,19,20,23). The third-order valence-corrected chi connectivity index (χ3v) is 4.85. The molecule has 0 aliphatic rings. The van der Waals surface area contributed by atoms with Crippen LogP contribution in [0, 0.1) is 34.1 Å². The Balaban J connectivity index is 1.83. The van der Waals surface area contributed by atoms with E-state index in [1.54, 1.807) is 31.4 Å². The van der Waals surface area contributed by atoms with Crippen LogP contribution in [0.3, 0.4) is 0 Å². The topological polar surface area (TPSA) is 128 Å². The molecule has 0 radical (unpaired) electrons. The van der Waals surface area contributed by atoms with Crippen molar-refractivity contribution in [1.82, 2.24) is 4.98 Å². The molecular weight excluding hydrogens is 384 g/mol. The number of anilines is 1. The van der Waals surface area contributed by atoms with Crippen molar-refractivity contribution in [1.29, 1.82) is 0 Å². The number of aromatic nitrogens is 1. The van der Waals surface area contributed by atoms with Crippen molar-refractivity contribution in [3.63, 3.8) is 0 Å². The Hall–Kier alpha value is -3.66. The first-order valence-corrected chi connectivity index (χ1v) is 8.91. The van der Waals surface area contributed by atoms with Crippen LogP contribution >= 0.6 is 11.3 Å². The Kier molecular flexibility index (Phi) is 5.14. The highest BCUT2D eigenvalue weighted by Crippen LogP contribution is 2.29. The third-order valence-electron chi connectivity index (χ3n) is 4.09. The number of hydrogen-bond acceptors (Lipinski definition) is 7. The molecule has 1 N–H and O–H groups in total. The van der Waals surface area contributed by atoms with E-state index in [0.717, 1.165) is 11.3 Å². The molecular formula is C18H14N4O5S. The smallest absolute Gasteiger partial charge is 0.273 e. The van der Waals surface area contributed by atoms with Crippen LogP contribution in [-0.2, 0) is 0 Å². The molecule has 1 heterocycles. The summed E-state index contributed by atoms with van der Waals surface area (Å²) < 4.78 is 0. The number of amides is 1. The molecule has 0 saturated heterocycles. The Bertz CT molecular complexity index is 1110. The zero-order valence-electron chi connectivity index (χ0n) is 14.8. The Morgan fingerprint density at radius 1 is 1.00 bits per heavy atom. The molecule has 3 rings (SSSR count). The summed E-state index contributed by atoms with van der Waals surface area (Å²) in [5, 5.41) is 26.7. The van der Waals surface area contributed by atoms with Gasteiger partial charge < -0.3 is 0 Å². The first kappa shape index (κ1) is 19.1. The van der Waals surface area contributed by atoms with E-state index in [1.807, 2.05) is 0 Å². The minimum absolute atomic E-state index is 0.0111. The second-order valence-electron chi connectivity index (χ2n) is 6.01. The lowest BCUT2D eigenvalue weighted by atomic mass is 10.1. The van der Waals surface area contributed by atoms with E-state index >= 15 is 0 Å². The minimum atomic E-state index is -0.544. The summed E-state index contributed by atoms with van der Waals surface area (Å²) in [6, 6.07) is 8.99. The molecule has 0 fully saturated rings. The Morgan fingerprint density at radius 2 is 1.61 bits per heavy atom. The number of rotatable bonds is 5. The van der Waals surface area contributed by atoms with Gasteiger partial charge in [0.15, 0.2) is 5.13 Å². The molecule has 1 aromatic heterocycles. The van der Waals surface area contributed by atoms with Crippen LogP contribution in [0.2, 0.25) is 0 Å². The molecule has 2 aromatic carbocycles. The molecule has 1 amide bonds. The molecule has 0 aliphatic heterocycles. The molecule has 0 bridgehead atoms. The molecule has 0 saturated carbocycles. The number of hydrogen-bond donors (Lipinski definition) is 1. The van der Waals surface area contributed by atoms with Crippen LogP contribution in [-0.4, -0.2) is 20.7 Å². The fourth-order valence-electron chi connectivity index (χ4n) is 2.55. The van der Waals surface area contributed by atoms with Crippen LogP contribution in [0.1, 0.15) is 21.5 Å². The van der Waals surface area contributed by atoms with Crippen LogP contribution in [0.5, 0.6) is 0 Å². The van der Waals surface area contributed by atoms with Gasteiger partial charge in [0.2, 0.25) is 0 Å². The fourth-order valence-corrected chi connectivity index (χ4v) is 3.26. The first-order chi connectivity index (χ1) is 13.3. The number of nitro benzene ring substituents is 2. The maximum Gasteiger partial charge on any atom is 0.273 e. The highest BCUT2D eigenvalue weighted by atomic mass is 32.1. The SMILES string of the molecule is Cc1ccc(C(=O)Nc2nc(-c3ccc(C)c([N+](=O)[O-])c3)cs2)cc1[N+](=O)[O-]. The number of aryl methyl sites for hydroxylation is 2. The molecule has 142 valence electrons. The van der Waals surface area contributed by atoms with Gasteiger partial charge in [0.25, 0.3) is 17.3 Å². The Morgan fingerprint density at radius 3 is 2.25 bits per heavy atom. The highest BCUT2D eigenvalue weighted by Gasteiger charge is 2.17. The van der Waals surface area contributed by atoms with E-state index in [2.05, 4.69) is 10.3 Å². The number of benzene rings is 2. The predicted molar refractivity (Wildman–Crippen MR) is 105 cm³/mol. The van der Waals surface area contributed by atoms with E-state index in [0.29, 0.717) is 22.4 Å². The van der Waals surface area contributed by atoms with Gasteiger partial charge in [0.1, 0.15) is 0 Å². The van der Waals surface area contributed by atoms with Crippen LogP contribution < -0.4 is 5.32 Å². The fraction of sp³-hybridized carbons (Fsp3) is 0.111. The van der Waals surface area contributed by atoms with Crippen molar-refractivity contribution in [2.75, 3.05) is 5.32 Å². The number of nitrogens with one attached hydrogen (secondary N) is 1. The van der Waals surface area contributed by atoms with Crippen molar-refractivity contribution in [3.8, 4) is 11.3 Å². The van der Waals surface area contributed by atoms with Gasteiger partial charge >= 0.3 is 0 Å². The molecule has 10 heteroatoms. The van der Waals surface area contributed by atoms with Gasteiger partial charge in [-0.1, -0.05) is 18.2 Å². The zero-order chi connectivity index (χ0) is 20.4. The number of nitrogens with zero attached hydrogens (tertiary/aromatic N) is 3. The van der Waals surface area contributed by atoms with Crippen molar-refractivity contribution in [2.24, 2.45) is 0 Å². The molecule has 0 unspecified atom stereocenters. The lowest BCUT2D eigenvalue weighted by Gasteiger charge is -2.03. The number of thiazole rings is 1. The number of carbonyl (C=O) groups excluding carboxylic acids is 1. The summed E-state index contributed by atoms with van der Waals surface area (Å²) in [7, 11) is 0. The summed E-state index contributed by atoms with van der Waals surface area (Å²) in [6.07, 6.45) is 0. The largest absolute Gasteiger partial charge is 0.298 e. The lowest BCUT2D eigenvalue weighted by Crippen LogP contribution is -2.12. The van der Waals surface area contributed by atoms with Crippen LogP contribution in [0.15, 0.2) is 41.8 Å². The molecule has 0 aliphatic carbocycles. The molecule has 0 spiro atoms. The quantitative estimate of drug-likeness (QED) is 0.498. The summed E-state index contributed by atoms with van der Waals surface area (Å²) in [5.74, 6) is -0.529. The van der Waals surface area contributed by atoms with Gasteiger partial charge in [-0.25, -0.2) is 4.98 Å².